The van der Waals surface area contributed by atoms with E-state index in [2.05, 4.69) is 17.0 Å². The predicted molar refractivity (Wildman–Crippen MR) is 76.3 cm³/mol. The summed E-state index contributed by atoms with van der Waals surface area (Å²) in [5.74, 6) is 0. The molecule has 1 unspecified atom stereocenters. The number of benzene rings is 1. The summed E-state index contributed by atoms with van der Waals surface area (Å²) in [5.41, 5.74) is 8.04. The van der Waals surface area contributed by atoms with E-state index >= 15 is 0 Å². The van der Waals surface area contributed by atoms with Crippen LogP contribution in [0.5, 0.6) is 0 Å². The fourth-order valence-corrected chi connectivity index (χ4v) is 2.41. The van der Waals surface area contributed by atoms with Crippen LogP contribution in [0.3, 0.4) is 0 Å². The van der Waals surface area contributed by atoms with Crippen LogP contribution in [0.2, 0.25) is 5.02 Å². The van der Waals surface area contributed by atoms with E-state index in [1.54, 1.807) is 7.11 Å². The summed E-state index contributed by atoms with van der Waals surface area (Å²) in [6, 6.07) is 6.76. The molecule has 1 aliphatic rings. The topological polar surface area (TPSA) is 38.5 Å². The van der Waals surface area contributed by atoms with Crippen molar-refractivity contribution in [1.82, 2.24) is 0 Å². The monoisotopic (exact) mass is 268 g/mol. The van der Waals surface area contributed by atoms with Crippen LogP contribution < -0.4 is 10.6 Å². The third-order valence-electron chi connectivity index (χ3n) is 3.33. The van der Waals surface area contributed by atoms with Gasteiger partial charge in [-0.25, -0.2) is 0 Å². The van der Waals surface area contributed by atoms with Gasteiger partial charge in [0.15, 0.2) is 0 Å². The van der Waals surface area contributed by atoms with Crippen LogP contribution in [-0.4, -0.2) is 26.3 Å². The fourth-order valence-electron chi connectivity index (χ4n) is 2.11. The number of halogens is 1. The quantitative estimate of drug-likeness (QED) is 0.862. The maximum absolute atomic E-state index is 6.38. The molecule has 1 aromatic rings. The van der Waals surface area contributed by atoms with Crippen molar-refractivity contribution in [2.24, 2.45) is 5.73 Å². The summed E-state index contributed by atoms with van der Waals surface area (Å²) in [6.07, 6.45) is 2.49. The molecule has 1 aromatic carbocycles. The summed E-state index contributed by atoms with van der Waals surface area (Å²) < 4.78 is 5.17. The van der Waals surface area contributed by atoms with Gasteiger partial charge in [0.25, 0.3) is 0 Å². The van der Waals surface area contributed by atoms with E-state index in [-0.39, 0.29) is 6.04 Å². The van der Waals surface area contributed by atoms with Crippen LogP contribution in [0.15, 0.2) is 18.2 Å². The summed E-state index contributed by atoms with van der Waals surface area (Å²) in [4.78, 5) is 2.34. The van der Waals surface area contributed by atoms with Crippen LogP contribution in [0, 0.1) is 0 Å². The Hall–Kier alpha value is -0.770. The van der Waals surface area contributed by atoms with Gasteiger partial charge >= 0.3 is 0 Å². The SMILES string of the molecule is COCCN(c1ccc(C(C)N)cc1Cl)C1CC1. The second-order valence-corrected chi connectivity index (χ2v) is 5.32. The van der Waals surface area contributed by atoms with Crippen molar-refractivity contribution in [2.75, 3.05) is 25.2 Å². The molecule has 1 fully saturated rings. The number of rotatable bonds is 6. The molecule has 0 aliphatic heterocycles. The van der Waals surface area contributed by atoms with Gasteiger partial charge in [0.05, 0.1) is 17.3 Å². The Balaban J connectivity index is 2.19. The molecule has 4 heteroatoms. The lowest BCUT2D eigenvalue weighted by Gasteiger charge is -2.26. The molecular weight excluding hydrogens is 248 g/mol. The van der Waals surface area contributed by atoms with Crippen molar-refractivity contribution < 1.29 is 4.74 Å². The minimum absolute atomic E-state index is 0.0184. The highest BCUT2D eigenvalue weighted by Crippen LogP contribution is 2.36. The summed E-state index contributed by atoms with van der Waals surface area (Å²) in [7, 11) is 1.73. The minimum atomic E-state index is 0.0184. The predicted octanol–water partition coefficient (Wildman–Crippen LogP) is 2.97. The number of hydrogen-bond acceptors (Lipinski definition) is 3. The maximum Gasteiger partial charge on any atom is 0.0643 e. The van der Waals surface area contributed by atoms with Gasteiger partial charge in [-0.05, 0) is 37.5 Å². The first-order valence-corrected chi connectivity index (χ1v) is 6.82. The molecule has 0 radical (unpaired) electrons. The number of anilines is 1. The van der Waals surface area contributed by atoms with Gasteiger partial charge in [-0.15, -0.1) is 0 Å². The number of hydrogen-bond donors (Lipinski definition) is 1. The molecule has 1 saturated carbocycles. The van der Waals surface area contributed by atoms with Gasteiger partial charge in [0.1, 0.15) is 0 Å². The van der Waals surface area contributed by atoms with Crippen molar-refractivity contribution >= 4 is 17.3 Å². The van der Waals surface area contributed by atoms with Crippen LogP contribution in [0.25, 0.3) is 0 Å². The van der Waals surface area contributed by atoms with Crippen molar-refractivity contribution in [1.29, 1.82) is 0 Å². The molecule has 100 valence electrons. The Morgan fingerprint density at radius 3 is 2.72 bits per heavy atom. The molecule has 0 aromatic heterocycles. The summed E-state index contributed by atoms with van der Waals surface area (Å²) in [6.45, 7) is 3.58. The van der Waals surface area contributed by atoms with Gasteiger partial charge in [0, 0.05) is 25.7 Å². The van der Waals surface area contributed by atoms with Crippen molar-refractivity contribution in [3.63, 3.8) is 0 Å². The zero-order valence-electron chi connectivity index (χ0n) is 11.0. The molecule has 0 bridgehead atoms. The van der Waals surface area contributed by atoms with Gasteiger partial charge < -0.3 is 15.4 Å². The standard InChI is InChI=1S/C14H21ClN2O/c1-10(16)11-3-6-14(13(15)9-11)17(7-8-18-2)12-4-5-12/h3,6,9-10,12H,4-5,7-8,16H2,1-2H3. The van der Waals surface area contributed by atoms with Gasteiger partial charge in [-0.2, -0.15) is 0 Å². The average Bonchev–Trinajstić information content (AvgIpc) is 3.15. The Bertz CT molecular complexity index is 405. The fraction of sp³-hybridized carbons (Fsp3) is 0.571. The first-order valence-electron chi connectivity index (χ1n) is 6.44. The summed E-state index contributed by atoms with van der Waals surface area (Å²) in [5, 5.41) is 0.785. The molecule has 0 saturated heterocycles. The third-order valence-corrected chi connectivity index (χ3v) is 3.63. The van der Waals surface area contributed by atoms with Crippen molar-refractivity contribution in [3.8, 4) is 0 Å². The van der Waals surface area contributed by atoms with E-state index in [1.807, 2.05) is 13.0 Å². The first kappa shape index (κ1) is 13.7. The van der Waals surface area contributed by atoms with E-state index in [0.29, 0.717) is 6.04 Å². The van der Waals surface area contributed by atoms with Crippen LogP contribution in [-0.2, 0) is 4.74 Å². The van der Waals surface area contributed by atoms with Crippen LogP contribution >= 0.6 is 11.6 Å². The zero-order chi connectivity index (χ0) is 13.1. The molecule has 2 N–H and O–H groups in total. The number of nitrogens with two attached hydrogens (primary N) is 1. The normalized spacial score (nSPS) is 16.7. The van der Waals surface area contributed by atoms with Crippen molar-refractivity contribution in [3.05, 3.63) is 28.8 Å². The second-order valence-electron chi connectivity index (χ2n) is 4.92. The largest absolute Gasteiger partial charge is 0.383 e. The van der Waals surface area contributed by atoms with Crippen LogP contribution in [0.4, 0.5) is 5.69 Å². The molecule has 1 aliphatic carbocycles. The highest BCUT2D eigenvalue weighted by atomic mass is 35.5. The van der Waals surface area contributed by atoms with Gasteiger partial charge in [-0.3, -0.25) is 0 Å². The molecule has 3 nitrogen and oxygen atoms in total. The molecular formula is C14H21ClN2O. The lowest BCUT2D eigenvalue weighted by Crippen LogP contribution is -2.29. The lowest BCUT2D eigenvalue weighted by atomic mass is 10.1. The lowest BCUT2D eigenvalue weighted by molar-refractivity contribution is 0.205. The minimum Gasteiger partial charge on any atom is -0.383 e. The average molecular weight is 269 g/mol. The van der Waals surface area contributed by atoms with E-state index in [9.17, 15) is 0 Å². The Kier molecular flexibility index (Phi) is 4.49. The Labute approximate surface area is 114 Å². The van der Waals surface area contributed by atoms with Gasteiger partial charge in [0.2, 0.25) is 0 Å². The zero-order valence-corrected chi connectivity index (χ0v) is 11.8. The maximum atomic E-state index is 6.38. The van der Waals surface area contributed by atoms with E-state index < -0.39 is 0 Å². The summed E-state index contributed by atoms with van der Waals surface area (Å²) >= 11 is 6.38. The van der Waals surface area contributed by atoms with E-state index in [1.165, 1.54) is 12.8 Å². The highest BCUT2D eigenvalue weighted by Gasteiger charge is 2.30. The molecule has 1 atom stereocenters. The van der Waals surface area contributed by atoms with Crippen molar-refractivity contribution in [2.45, 2.75) is 31.8 Å². The number of nitrogens with zero attached hydrogens (tertiary/aromatic N) is 1. The molecule has 0 spiro atoms. The number of ether oxygens (including phenoxy) is 1. The van der Waals surface area contributed by atoms with Crippen LogP contribution in [0.1, 0.15) is 31.4 Å². The highest BCUT2D eigenvalue weighted by molar-refractivity contribution is 6.33. The Morgan fingerprint density at radius 1 is 1.50 bits per heavy atom. The molecule has 0 heterocycles. The first-order chi connectivity index (χ1) is 8.63. The molecule has 2 rings (SSSR count). The smallest absolute Gasteiger partial charge is 0.0643 e. The molecule has 18 heavy (non-hydrogen) atoms. The van der Waals surface area contributed by atoms with Gasteiger partial charge in [-0.1, -0.05) is 17.7 Å². The Morgan fingerprint density at radius 2 is 2.22 bits per heavy atom. The second kappa shape index (κ2) is 5.91. The van der Waals surface area contributed by atoms with E-state index in [4.69, 9.17) is 22.1 Å². The molecule has 0 amide bonds. The third kappa shape index (κ3) is 3.16. The van der Waals surface area contributed by atoms with E-state index in [0.717, 1.165) is 29.4 Å². The number of methoxy groups -OCH3 is 1.